The van der Waals surface area contributed by atoms with Crippen molar-refractivity contribution in [3.63, 3.8) is 0 Å². The number of hydrogen-bond donors (Lipinski definition) is 2. The summed E-state index contributed by atoms with van der Waals surface area (Å²) in [5.41, 5.74) is -0.903. The molecule has 1 saturated carbocycles. The van der Waals surface area contributed by atoms with E-state index >= 15 is 0 Å². The number of aliphatic hydroxyl groups excluding tert-OH is 1. The first kappa shape index (κ1) is 8.53. The summed E-state index contributed by atoms with van der Waals surface area (Å²) in [6.45, 7) is 3.50. The van der Waals surface area contributed by atoms with E-state index in [9.17, 15) is 9.90 Å². The molecule has 3 unspecified atom stereocenters. The lowest BCUT2D eigenvalue weighted by Gasteiger charge is -2.23. The van der Waals surface area contributed by atoms with Gasteiger partial charge in [-0.25, -0.2) is 0 Å². The number of aliphatic hydroxyl groups is 1. The van der Waals surface area contributed by atoms with E-state index in [4.69, 9.17) is 5.11 Å². The molecule has 0 aromatic carbocycles. The van der Waals surface area contributed by atoms with Crippen LogP contribution in [0.3, 0.4) is 0 Å². The van der Waals surface area contributed by atoms with Gasteiger partial charge in [0.05, 0.1) is 11.5 Å². The van der Waals surface area contributed by atoms with E-state index in [1.54, 1.807) is 6.92 Å². The van der Waals surface area contributed by atoms with Crippen LogP contribution in [-0.2, 0) is 4.79 Å². The van der Waals surface area contributed by atoms with Crippen LogP contribution >= 0.6 is 0 Å². The molecule has 1 rings (SSSR count). The van der Waals surface area contributed by atoms with E-state index in [2.05, 4.69) is 0 Å². The Labute approximate surface area is 66.0 Å². The van der Waals surface area contributed by atoms with Crippen molar-refractivity contribution >= 4 is 5.97 Å². The molecule has 0 aromatic rings. The Morgan fingerprint density at radius 2 is 2.18 bits per heavy atom. The highest BCUT2D eigenvalue weighted by molar-refractivity contribution is 5.75. The highest BCUT2D eigenvalue weighted by Gasteiger charge is 2.47. The topological polar surface area (TPSA) is 57.5 Å². The average Bonchev–Trinajstić information content (AvgIpc) is 2.18. The van der Waals surface area contributed by atoms with Crippen molar-refractivity contribution in [3.05, 3.63) is 0 Å². The molecule has 3 heteroatoms. The smallest absolute Gasteiger partial charge is 0.311 e. The average molecular weight is 158 g/mol. The molecule has 0 amide bonds. The van der Waals surface area contributed by atoms with Gasteiger partial charge in [0.25, 0.3) is 0 Å². The third kappa shape index (κ3) is 1.13. The van der Waals surface area contributed by atoms with Crippen LogP contribution in [-0.4, -0.2) is 22.3 Å². The van der Waals surface area contributed by atoms with Gasteiger partial charge in [-0.1, -0.05) is 6.92 Å². The maximum atomic E-state index is 10.7. The highest BCUT2D eigenvalue weighted by Crippen LogP contribution is 2.41. The summed E-state index contributed by atoms with van der Waals surface area (Å²) in [5.74, 6) is -0.759. The molecular formula is C8H14O3. The maximum Gasteiger partial charge on any atom is 0.311 e. The molecule has 1 aliphatic rings. The quantitative estimate of drug-likeness (QED) is 0.595. The van der Waals surface area contributed by atoms with Crippen LogP contribution in [0.5, 0.6) is 0 Å². The summed E-state index contributed by atoms with van der Waals surface area (Å²) in [7, 11) is 0. The molecule has 0 bridgehead atoms. The lowest BCUT2D eigenvalue weighted by molar-refractivity contribution is -0.153. The van der Waals surface area contributed by atoms with Gasteiger partial charge in [-0.05, 0) is 25.7 Å². The molecule has 1 fully saturated rings. The zero-order valence-electron chi connectivity index (χ0n) is 6.87. The molecule has 64 valence electrons. The molecule has 3 atom stereocenters. The summed E-state index contributed by atoms with van der Waals surface area (Å²) in [6.07, 6.45) is 0.717. The predicted molar refractivity (Wildman–Crippen MR) is 40.1 cm³/mol. The van der Waals surface area contributed by atoms with E-state index in [1.165, 1.54) is 0 Å². The minimum Gasteiger partial charge on any atom is -0.481 e. The predicted octanol–water partition coefficient (Wildman–Crippen LogP) is 0.868. The van der Waals surface area contributed by atoms with Gasteiger partial charge in [0.2, 0.25) is 0 Å². The van der Waals surface area contributed by atoms with E-state index < -0.39 is 17.5 Å². The SMILES string of the molecule is CC1CCC(C)(C(=O)O)C1O. The standard InChI is InChI=1S/C8H14O3/c1-5-3-4-8(2,6(5)9)7(10)11/h5-6,9H,3-4H2,1-2H3,(H,10,11). The number of aliphatic carboxylic acids is 1. The van der Waals surface area contributed by atoms with E-state index in [0.29, 0.717) is 6.42 Å². The number of carboxylic acids is 1. The van der Waals surface area contributed by atoms with Crippen LogP contribution in [0.4, 0.5) is 0 Å². The van der Waals surface area contributed by atoms with Crippen LogP contribution in [0.15, 0.2) is 0 Å². The monoisotopic (exact) mass is 158 g/mol. The molecule has 0 aliphatic heterocycles. The lowest BCUT2D eigenvalue weighted by Crippen LogP contribution is -2.37. The molecule has 0 saturated heterocycles. The first-order chi connectivity index (χ1) is 4.98. The second kappa shape index (κ2) is 2.48. The lowest BCUT2D eigenvalue weighted by atomic mass is 9.85. The summed E-state index contributed by atoms with van der Waals surface area (Å²) in [6, 6.07) is 0. The van der Waals surface area contributed by atoms with Gasteiger partial charge in [0, 0.05) is 0 Å². The Bertz CT molecular complexity index is 178. The van der Waals surface area contributed by atoms with Gasteiger partial charge in [0.15, 0.2) is 0 Å². The Morgan fingerprint density at radius 1 is 1.64 bits per heavy atom. The highest BCUT2D eigenvalue weighted by atomic mass is 16.4. The fraction of sp³-hybridized carbons (Fsp3) is 0.875. The van der Waals surface area contributed by atoms with Crippen molar-refractivity contribution in [2.24, 2.45) is 11.3 Å². The first-order valence-corrected chi connectivity index (χ1v) is 3.90. The summed E-state index contributed by atoms with van der Waals surface area (Å²) in [5, 5.41) is 18.3. The van der Waals surface area contributed by atoms with Crippen molar-refractivity contribution in [2.45, 2.75) is 32.8 Å². The Hall–Kier alpha value is -0.570. The largest absolute Gasteiger partial charge is 0.481 e. The normalized spacial score (nSPS) is 44.3. The first-order valence-electron chi connectivity index (χ1n) is 3.90. The number of carbonyl (C=O) groups is 1. The molecule has 0 heterocycles. The van der Waals surface area contributed by atoms with Crippen LogP contribution < -0.4 is 0 Å². The maximum absolute atomic E-state index is 10.7. The summed E-state index contributed by atoms with van der Waals surface area (Å²) in [4.78, 5) is 10.7. The minimum absolute atomic E-state index is 0.121. The van der Waals surface area contributed by atoms with Crippen LogP contribution in [0, 0.1) is 11.3 Å². The van der Waals surface area contributed by atoms with Crippen molar-refractivity contribution < 1.29 is 15.0 Å². The fourth-order valence-corrected chi connectivity index (χ4v) is 1.69. The summed E-state index contributed by atoms with van der Waals surface area (Å²) < 4.78 is 0. The molecular weight excluding hydrogens is 144 g/mol. The molecule has 3 nitrogen and oxygen atoms in total. The molecule has 0 radical (unpaired) electrons. The van der Waals surface area contributed by atoms with E-state index in [1.807, 2.05) is 6.92 Å². The van der Waals surface area contributed by atoms with Gasteiger partial charge >= 0.3 is 5.97 Å². The number of rotatable bonds is 1. The Morgan fingerprint density at radius 3 is 2.36 bits per heavy atom. The van der Waals surface area contributed by atoms with Gasteiger partial charge in [-0.2, -0.15) is 0 Å². The van der Waals surface area contributed by atoms with Gasteiger partial charge < -0.3 is 10.2 Å². The molecule has 2 N–H and O–H groups in total. The van der Waals surface area contributed by atoms with Crippen molar-refractivity contribution in [1.82, 2.24) is 0 Å². The van der Waals surface area contributed by atoms with Crippen LogP contribution in [0.25, 0.3) is 0 Å². The van der Waals surface area contributed by atoms with Crippen LogP contribution in [0.2, 0.25) is 0 Å². The molecule has 0 aromatic heterocycles. The number of hydrogen-bond acceptors (Lipinski definition) is 2. The van der Waals surface area contributed by atoms with Gasteiger partial charge in [0.1, 0.15) is 0 Å². The van der Waals surface area contributed by atoms with Gasteiger partial charge in [-0.15, -0.1) is 0 Å². The molecule has 1 aliphatic carbocycles. The van der Waals surface area contributed by atoms with Crippen LogP contribution in [0.1, 0.15) is 26.7 Å². The summed E-state index contributed by atoms with van der Waals surface area (Å²) >= 11 is 0. The second-order valence-corrected chi connectivity index (χ2v) is 3.68. The zero-order valence-corrected chi connectivity index (χ0v) is 6.87. The number of carboxylic acid groups (broad SMARTS) is 1. The van der Waals surface area contributed by atoms with E-state index in [-0.39, 0.29) is 5.92 Å². The zero-order chi connectivity index (χ0) is 8.65. The third-order valence-electron chi connectivity index (χ3n) is 2.80. The van der Waals surface area contributed by atoms with E-state index in [0.717, 1.165) is 6.42 Å². The van der Waals surface area contributed by atoms with Crippen molar-refractivity contribution in [1.29, 1.82) is 0 Å². The Kier molecular flexibility index (Phi) is 1.92. The van der Waals surface area contributed by atoms with Crippen molar-refractivity contribution in [2.75, 3.05) is 0 Å². The molecule has 11 heavy (non-hydrogen) atoms. The third-order valence-corrected chi connectivity index (χ3v) is 2.80. The van der Waals surface area contributed by atoms with Gasteiger partial charge in [-0.3, -0.25) is 4.79 Å². The van der Waals surface area contributed by atoms with Crippen molar-refractivity contribution in [3.8, 4) is 0 Å². The minimum atomic E-state index is -0.903. The Balaban J connectivity index is 2.81. The molecule has 0 spiro atoms. The second-order valence-electron chi connectivity index (χ2n) is 3.68. The fourth-order valence-electron chi connectivity index (χ4n) is 1.69.